The summed E-state index contributed by atoms with van der Waals surface area (Å²) >= 11 is 0. The first-order valence-corrected chi connectivity index (χ1v) is 24.5. The topological polar surface area (TPSA) is 109 Å². The molecule has 0 fully saturated rings. The molecule has 8 nitrogen and oxygen atoms in total. The van der Waals surface area contributed by atoms with Gasteiger partial charge in [0, 0.05) is 67.3 Å². The summed E-state index contributed by atoms with van der Waals surface area (Å²) in [6, 6.07) is 92.7. The number of anilines is 6. The van der Waals surface area contributed by atoms with Crippen LogP contribution in [0.4, 0.5) is 34.1 Å². The maximum Gasteiger partial charge on any atom is 0.160 e. The molecule has 2 heterocycles. The zero-order chi connectivity index (χ0) is 50.7. The molecule has 0 bridgehead atoms. The normalized spacial score (nSPS) is 10.9. The molecule has 0 radical (unpaired) electrons. The molecule has 0 aliphatic rings. The minimum atomic E-state index is 0.509. The summed E-state index contributed by atoms with van der Waals surface area (Å²) < 4.78 is 2.27. The van der Waals surface area contributed by atoms with Crippen LogP contribution in [0.25, 0.3) is 72.5 Å². The molecule has 8 heteroatoms. The molecule has 350 valence electrons. The van der Waals surface area contributed by atoms with Crippen LogP contribution in [0.1, 0.15) is 16.7 Å². The van der Waals surface area contributed by atoms with Crippen LogP contribution in [0.15, 0.2) is 255 Å². The van der Waals surface area contributed by atoms with Gasteiger partial charge in [0.1, 0.15) is 0 Å². The third-order valence-electron chi connectivity index (χ3n) is 13.5. The Balaban J connectivity index is 0.970. The van der Waals surface area contributed by atoms with Crippen molar-refractivity contribution in [2.45, 2.75) is 0 Å². The summed E-state index contributed by atoms with van der Waals surface area (Å²) in [5.41, 5.74) is 16.3. The van der Waals surface area contributed by atoms with Crippen LogP contribution in [-0.2, 0) is 0 Å². The van der Waals surface area contributed by atoms with Crippen LogP contribution < -0.4 is 9.80 Å². The number of aromatic nitrogens is 3. The molecule has 0 saturated carbocycles. The lowest BCUT2D eigenvalue weighted by atomic mass is 9.97. The Morgan fingerprint density at radius 2 is 0.733 bits per heavy atom. The van der Waals surface area contributed by atoms with E-state index in [0.717, 1.165) is 89.4 Å². The number of nitriles is 3. The molecule has 75 heavy (non-hydrogen) atoms. The van der Waals surface area contributed by atoms with Gasteiger partial charge < -0.3 is 14.4 Å². The number of para-hydroxylation sites is 4. The fourth-order valence-corrected chi connectivity index (χ4v) is 9.88. The Morgan fingerprint density at radius 1 is 0.333 bits per heavy atom. The van der Waals surface area contributed by atoms with Gasteiger partial charge in [-0.05, 0) is 151 Å². The number of benzene rings is 10. The molecular weight excluding hydrogens is 917 g/mol. The fraction of sp³-hybridized carbons (Fsp3) is 0. The van der Waals surface area contributed by atoms with Crippen molar-refractivity contribution in [2.75, 3.05) is 9.80 Å². The van der Waals surface area contributed by atoms with E-state index in [-0.39, 0.29) is 0 Å². The van der Waals surface area contributed by atoms with E-state index in [2.05, 4.69) is 172 Å². The van der Waals surface area contributed by atoms with E-state index in [1.807, 2.05) is 91.0 Å². The van der Waals surface area contributed by atoms with E-state index in [4.69, 9.17) is 9.97 Å². The van der Waals surface area contributed by atoms with E-state index < -0.39 is 0 Å². The Labute approximate surface area is 434 Å². The maximum absolute atomic E-state index is 10.9. The number of fused-ring (bicyclic) bond motifs is 3. The van der Waals surface area contributed by atoms with Gasteiger partial charge in [-0.15, -0.1) is 0 Å². The first-order valence-electron chi connectivity index (χ1n) is 24.5. The van der Waals surface area contributed by atoms with E-state index in [9.17, 15) is 15.8 Å². The van der Waals surface area contributed by atoms with Crippen molar-refractivity contribution in [1.82, 2.24) is 14.5 Å². The Morgan fingerprint density at radius 3 is 1.15 bits per heavy atom. The van der Waals surface area contributed by atoms with E-state index in [1.54, 1.807) is 24.3 Å². The van der Waals surface area contributed by atoms with E-state index in [1.165, 1.54) is 0 Å². The van der Waals surface area contributed by atoms with E-state index in [0.29, 0.717) is 33.9 Å². The van der Waals surface area contributed by atoms with Gasteiger partial charge in [0.25, 0.3) is 0 Å². The third kappa shape index (κ3) is 8.76. The average molecular weight is 959 g/mol. The molecule has 0 saturated heterocycles. The van der Waals surface area contributed by atoms with Crippen molar-refractivity contribution >= 4 is 55.9 Å². The first-order chi connectivity index (χ1) is 37.0. The standard InChI is InChI=1S/C67H42N8/c68-43-46-21-25-49(26-22-46)63-42-64(72-67(71-63)51-27-23-47(44-69)24-28-51)50-31-29-48(30-32-50)60-36-33-57(39-52(60)45-70)75-65-37-34-58(73(53-13-5-1-6-14-53)54-15-7-2-8-16-54)40-61(65)62-41-59(35-38-66(62)75)74(55-17-9-3-10-18-55)56-19-11-4-12-20-56/h1-42H. The summed E-state index contributed by atoms with van der Waals surface area (Å²) in [7, 11) is 0. The number of hydrogen-bond acceptors (Lipinski definition) is 7. The van der Waals surface area contributed by atoms with Gasteiger partial charge in [0.05, 0.1) is 57.3 Å². The van der Waals surface area contributed by atoms with Crippen molar-refractivity contribution < 1.29 is 0 Å². The van der Waals surface area contributed by atoms with E-state index >= 15 is 0 Å². The van der Waals surface area contributed by atoms with Gasteiger partial charge >= 0.3 is 0 Å². The molecule has 0 aliphatic heterocycles. The molecular formula is C67H42N8. The quantitative estimate of drug-likeness (QED) is 0.127. The van der Waals surface area contributed by atoms with Crippen molar-refractivity contribution in [1.29, 1.82) is 15.8 Å². The highest BCUT2D eigenvalue weighted by atomic mass is 15.1. The second kappa shape index (κ2) is 19.7. The molecule has 0 amide bonds. The first kappa shape index (κ1) is 45.3. The molecule has 0 N–H and O–H groups in total. The molecule has 0 atom stereocenters. The molecule has 0 aliphatic carbocycles. The van der Waals surface area contributed by atoms with Gasteiger partial charge in [-0.3, -0.25) is 0 Å². The highest BCUT2D eigenvalue weighted by molar-refractivity contribution is 6.12. The third-order valence-corrected chi connectivity index (χ3v) is 13.5. The maximum atomic E-state index is 10.9. The summed E-state index contributed by atoms with van der Waals surface area (Å²) in [6.07, 6.45) is 0. The number of hydrogen-bond donors (Lipinski definition) is 0. The lowest BCUT2D eigenvalue weighted by molar-refractivity contribution is 1.17. The zero-order valence-electron chi connectivity index (χ0n) is 40.3. The van der Waals surface area contributed by atoms with Crippen LogP contribution in [0, 0.1) is 34.0 Å². The molecule has 10 aromatic carbocycles. The van der Waals surface area contributed by atoms with Crippen LogP contribution >= 0.6 is 0 Å². The Hall–Kier alpha value is -10.9. The Kier molecular flexibility index (Phi) is 11.9. The Bertz CT molecular complexity index is 3880. The molecule has 12 rings (SSSR count). The molecule has 12 aromatic rings. The van der Waals surface area contributed by atoms with Crippen molar-refractivity contribution in [3.63, 3.8) is 0 Å². The predicted molar refractivity (Wildman–Crippen MR) is 302 cm³/mol. The monoisotopic (exact) mass is 958 g/mol. The lowest BCUT2D eigenvalue weighted by Gasteiger charge is -2.26. The molecule has 0 unspecified atom stereocenters. The smallest absolute Gasteiger partial charge is 0.160 e. The van der Waals surface area contributed by atoms with Crippen molar-refractivity contribution in [3.8, 4) is 68.9 Å². The van der Waals surface area contributed by atoms with Gasteiger partial charge in [0.15, 0.2) is 5.82 Å². The second-order valence-electron chi connectivity index (χ2n) is 18.0. The molecule has 0 spiro atoms. The zero-order valence-corrected chi connectivity index (χ0v) is 40.3. The minimum Gasteiger partial charge on any atom is -0.310 e. The SMILES string of the molecule is N#Cc1ccc(-c2cc(-c3ccc(-c4ccc(-n5c6ccc(N(c7ccccc7)c7ccccc7)cc6c6cc(N(c7ccccc7)c7ccccc7)ccc65)cc4C#N)cc3)nc(-c3ccc(C#N)cc3)n2)cc1. The molecule has 2 aromatic heterocycles. The summed E-state index contributed by atoms with van der Waals surface area (Å²) in [5, 5.41) is 31.9. The highest BCUT2D eigenvalue weighted by Crippen LogP contribution is 2.43. The number of rotatable bonds is 11. The summed E-state index contributed by atoms with van der Waals surface area (Å²) in [6.45, 7) is 0. The minimum absolute atomic E-state index is 0.509. The van der Waals surface area contributed by atoms with Crippen LogP contribution in [-0.4, -0.2) is 14.5 Å². The summed E-state index contributed by atoms with van der Waals surface area (Å²) in [5.74, 6) is 0.509. The number of nitrogens with zero attached hydrogens (tertiary/aromatic N) is 8. The van der Waals surface area contributed by atoms with Crippen molar-refractivity contribution in [3.05, 3.63) is 271 Å². The van der Waals surface area contributed by atoms with Crippen LogP contribution in [0.2, 0.25) is 0 Å². The predicted octanol–water partition coefficient (Wildman–Crippen LogP) is 16.8. The average Bonchev–Trinajstić information content (AvgIpc) is 3.85. The van der Waals surface area contributed by atoms with Crippen LogP contribution in [0.3, 0.4) is 0 Å². The highest BCUT2D eigenvalue weighted by Gasteiger charge is 2.21. The fourth-order valence-electron chi connectivity index (χ4n) is 9.88. The van der Waals surface area contributed by atoms with Crippen LogP contribution in [0.5, 0.6) is 0 Å². The summed E-state index contributed by atoms with van der Waals surface area (Å²) in [4.78, 5) is 14.5. The largest absolute Gasteiger partial charge is 0.310 e. The van der Waals surface area contributed by atoms with Crippen molar-refractivity contribution in [2.24, 2.45) is 0 Å². The lowest BCUT2D eigenvalue weighted by Crippen LogP contribution is -2.09. The second-order valence-corrected chi connectivity index (χ2v) is 18.0. The van der Waals surface area contributed by atoms with Gasteiger partial charge in [-0.2, -0.15) is 15.8 Å². The van der Waals surface area contributed by atoms with Gasteiger partial charge in [-0.25, -0.2) is 9.97 Å². The van der Waals surface area contributed by atoms with Gasteiger partial charge in [0.2, 0.25) is 0 Å². The van der Waals surface area contributed by atoms with Gasteiger partial charge in [-0.1, -0.05) is 115 Å².